The van der Waals surface area contributed by atoms with E-state index in [1.807, 2.05) is 31.2 Å². The van der Waals surface area contributed by atoms with Gasteiger partial charge in [-0.05, 0) is 52.7 Å². The first-order valence-electron chi connectivity index (χ1n) is 5.40. The van der Waals surface area contributed by atoms with Gasteiger partial charge in [-0.3, -0.25) is 4.79 Å². The van der Waals surface area contributed by atoms with Gasteiger partial charge in [0.15, 0.2) is 0 Å². The van der Waals surface area contributed by atoms with Crippen LogP contribution in [0, 0.1) is 12.7 Å². The highest BCUT2D eigenvalue weighted by Gasteiger charge is 2.09. The zero-order valence-corrected chi connectivity index (χ0v) is 11.3. The number of amides is 1. The quantitative estimate of drug-likeness (QED) is 0.887. The van der Waals surface area contributed by atoms with Crippen LogP contribution in [-0.2, 0) is 0 Å². The van der Waals surface area contributed by atoms with E-state index in [9.17, 15) is 9.18 Å². The van der Waals surface area contributed by atoms with Gasteiger partial charge in [-0.2, -0.15) is 0 Å². The number of hydrogen-bond acceptors (Lipinski definition) is 1. The molecule has 0 bridgehead atoms. The molecule has 0 aromatic heterocycles. The van der Waals surface area contributed by atoms with Crippen LogP contribution in [0.5, 0.6) is 0 Å². The van der Waals surface area contributed by atoms with Crippen LogP contribution in [0.4, 0.5) is 10.1 Å². The molecular formula is C14H11BrFNO. The van der Waals surface area contributed by atoms with E-state index in [4.69, 9.17) is 0 Å². The smallest absolute Gasteiger partial charge is 0.255 e. The Labute approximate surface area is 113 Å². The number of rotatable bonds is 2. The fraction of sp³-hybridized carbons (Fsp3) is 0.0714. The molecule has 92 valence electrons. The topological polar surface area (TPSA) is 29.1 Å². The average molecular weight is 308 g/mol. The number of nitrogens with one attached hydrogen (secondary N) is 1. The van der Waals surface area contributed by atoms with Gasteiger partial charge in [0.1, 0.15) is 5.82 Å². The second kappa shape index (κ2) is 5.31. The molecule has 0 heterocycles. The fourth-order valence-corrected chi connectivity index (χ4v) is 1.79. The molecule has 4 heteroatoms. The number of carbonyl (C=O) groups excluding carboxylic acids is 1. The summed E-state index contributed by atoms with van der Waals surface area (Å²) in [4.78, 5) is 11.9. The van der Waals surface area contributed by atoms with Gasteiger partial charge < -0.3 is 5.32 Å². The number of aryl methyl sites for hydroxylation is 1. The summed E-state index contributed by atoms with van der Waals surface area (Å²) in [5.74, 6) is -0.775. The molecule has 0 atom stereocenters. The summed E-state index contributed by atoms with van der Waals surface area (Å²) in [5.41, 5.74) is 1.98. The molecule has 0 aliphatic carbocycles. The second-order valence-electron chi connectivity index (χ2n) is 3.90. The third-order valence-electron chi connectivity index (χ3n) is 2.58. The van der Waals surface area contributed by atoms with Crippen LogP contribution in [0.1, 0.15) is 15.9 Å². The maximum absolute atomic E-state index is 13.3. The van der Waals surface area contributed by atoms with Crippen molar-refractivity contribution in [3.63, 3.8) is 0 Å². The molecule has 0 aliphatic rings. The second-order valence-corrected chi connectivity index (χ2v) is 4.75. The Bertz CT molecular complexity index is 598. The number of hydrogen-bond donors (Lipinski definition) is 1. The lowest BCUT2D eigenvalue weighted by Crippen LogP contribution is -2.12. The summed E-state index contributed by atoms with van der Waals surface area (Å²) in [5, 5.41) is 2.75. The molecule has 0 saturated carbocycles. The van der Waals surface area contributed by atoms with Crippen LogP contribution in [0.25, 0.3) is 0 Å². The van der Waals surface area contributed by atoms with E-state index >= 15 is 0 Å². The van der Waals surface area contributed by atoms with Gasteiger partial charge in [0, 0.05) is 11.3 Å². The molecular weight excluding hydrogens is 297 g/mol. The molecule has 0 spiro atoms. The summed E-state index contributed by atoms with van der Waals surface area (Å²) < 4.78 is 13.7. The number of halogens is 2. The number of para-hydroxylation sites is 1. The van der Waals surface area contributed by atoms with Crippen molar-refractivity contribution in [3.8, 4) is 0 Å². The van der Waals surface area contributed by atoms with Gasteiger partial charge in [0.05, 0.1) is 4.47 Å². The van der Waals surface area contributed by atoms with Crippen molar-refractivity contribution in [2.45, 2.75) is 6.92 Å². The van der Waals surface area contributed by atoms with E-state index in [0.29, 0.717) is 10.0 Å². The van der Waals surface area contributed by atoms with Gasteiger partial charge in [-0.25, -0.2) is 4.39 Å². The van der Waals surface area contributed by atoms with Crippen LogP contribution < -0.4 is 5.32 Å². The maximum Gasteiger partial charge on any atom is 0.255 e. The molecule has 0 unspecified atom stereocenters. The molecule has 0 fully saturated rings. The molecule has 0 saturated heterocycles. The molecule has 18 heavy (non-hydrogen) atoms. The van der Waals surface area contributed by atoms with Crippen molar-refractivity contribution in [3.05, 3.63) is 63.9 Å². The van der Waals surface area contributed by atoms with Gasteiger partial charge in [-0.15, -0.1) is 0 Å². The Hall–Kier alpha value is -1.68. The van der Waals surface area contributed by atoms with Crippen molar-refractivity contribution in [1.29, 1.82) is 0 Å². The molecule has 0 aliphatic heterocycles. The largest absolute Gasteiger partial charge is 0.322 e. The maximum atomic E-state index is 13.3. The normalized spacial score (nSPS) is 10.2. The molecule has 2 aromatic rings. The summed E-state index contributed by atoms with van der Waals surface area (Å²) in [6.07, 6.45) is 0. The lowest BCUT2D eigenvalue weighted by atomic mass is 10.1. The Morgan fingerprint density at radius 2 is 1.94 bits per heavy atom. The highest BCUT2D eigenvalue weighted by Crippen LogP contribution is 2.18. The third kappa shape index (κ3) is 2.76. The third-order valence-corrected chi connectivity index (χ3v) is 3.22. The predicted octanol–water partition coefficient (Wildman–Crippen LogP) is 4.15. The van der Waals surface area contributed by atoms with Crippen LogP contribution in [-0.4, -0.2) is 5.91 Å². The van der Waals surface area contributed by atoms with E-state index in [1.165, 1.54) is 12.1 Å². The van der Waals surface area contributed by atoms with Crippen LogP contribution in [0.2, 0.25) is 0 Å². The minimum atomic E-state index is -0.451. The van der Waals surface area contributed by atoms with Gasteiger partial charge in [0.2, 0.25) is 0 Å². The number of carbonyl (C=O) groups is 1. The Kier molecular flexibility index (Phi) is 3.77. The monoisotopic (exact) mass is 307 g/mol. The average Bonchev–Trinajstić information content (AvgIpc) is 2.35. The molecule has 1 amide bonds. The van der Waals surface area contributed by atoms with E-state index in [0.717, 1.165) is 11.3 Å². The Morgan fingerprint density at radius 3 is 2.61 bits per heavy atom. The zero-order valence-electron chi connectivity index (χ0n) is 9.71. The summed E-state index contributed by atoms with van der Waals surface area (Å²) >= 11 is 3.05. The number of anilines is 1. The van der Waals surface area contributed by atoms with Crippen molar-refractivity contribution >= 4 is 27.5 Å². The first-order chi connectivity index (χ1) is 8.58. The summed E-state index contributed by atoms with van der Waals surface area (Å²) in [7, 11) is 0. The minimum absolute atomic E-state index is 0.291. The van der Waals surface area contributed by atoms with Crippen LogP contribution in [0.15, 0.2) is 46.9 Å². The van der Waals surface area contributed by atoms with E-state index in [2.05, 4.69) is 21.2 Å². The van der Waals surface area contributed by atoms with Crippen LogP contribution >= 0.6 is 15.9 Å². The predicted molar refractivity (Wildman–Crippen MR) is 73.2 cm³/mol. The van der Waals surface area contributed by atoms with Crippen LogP contribution in [0.3, 0.4) is 0 Å². The van der Waals surface area contributed by atoms with Crippen molar-refractivity contribution in [2.75, 3.05) is 5.32 Å². The van der Waals surface area contributed by atoms with Gasteiger partial charge in [-0.1, -0.05) is 18.2 Å². The first-order valence-corrected chi connectivity index (χ1v) is 6.19. The Balaban J connectivity index is 2.22. The molecule has 2 aromatic carbocycles. The SMILES string of the molecule is Cc1ccccc1NC(=O)c1ccc(Br)c(F)c1. The number of benzene rings is 2. The van der Waals surface area contributed by atoms with Gasteiger partial charge >= 0.3 is 0 Å². The molecule has 2 rings (SSSR count). The highest BCUT2D eigenvalue weighted by atomic mass is 79.9. The minimum Gasteiger partial charge on any atom is -0.322 e. The lowest BCUT2D eigenvalue weighted by Gasteiger charge is -2.08. The van der Waals surface area contributed by atoms with Crippen molar-refractivity contribution < 1.29 is 9.18 Å². The summed E-state index contributed by atoms with van der Waals surface area (Å²) in [6, 6.07) is 11.7. The molecule has 0 radical (unpaired) electrons. The molecule has 2 nitrogen and oxygen atoms in total. The lowest BCUT2D eigenvalue weighted by molar-refractivity contribution is 0.102. The van der Waals surface area contributed by atoms with E-state index in [1.54, 1.807) is 6.07 Å². The van der Waals surface area contributed by atoms with Crippen molar-refractivity contribution in [1.82, 2.24) is 0 Å². The Morgan fingerprint density at radius 1 is 1.22 bits per heavy atom. The first kappa shape index (κ1) is 12.8. The standard InChI is InChI=1S/C14H11BrFNO/c1-9-4-2-3-5-13(9)17-14(18)10-6-7-11(15)12(16)8-10/h2-8H,1H3,(H,17,18). The van der Waals surface area contributed by atoms with E-state index < -0.39 is 5.82 Å². The summed E-state index contributed by atoms with van der Waals surface area (Å²) in [6.45, 7) is 1.90. The van der Waals surface area contributed by atoms with Gasteiger partial charge in [0.25, 0.3) is 5.91 Å². The highest BCUT2D eigenvalue weighted by molar-refractivity contribution is 9.10. The van der Waals surface area contributed by atoms with Crippen molar-refractivity contribution in [2.24, 2.45) is 0 Å². The fourth-order valence-electron chi connectivity index (χ4n) is 1.55. The van der Waals surface area contributed by atoms with E-state index in [-0.39, 0.29) is 5.91 Å². The molecule has 1 N–H and O–H groups in total. The zero-order chi connectivity index (χ0) is 13.1.